The first-order chi connectivity index (χ1) is 13.5. The zero-order valence-electron chi connectivity index (χ0n) is 16.8. The van der Waals surface area contributed by atoms with Crippen molar-refractivity contribution in [2.24, 2.45) is 0 Å². The molecule has 146 valence electrons. The molecule has 0 radical (unpaired) electrons. The lowest BCUT2D eigenvalue weighted by atomic mass is 10.1. The predicted molar refractivity (Wildman–Crippen MR) is 112 cm³/mol. The van der Waals surface area contributed by atoms with Gasteiger partial charge in [-0.2, -0.15) is 5.26 Å². The highest BCUT2D eigenvalue weighted by Crippen LogP contribution is 2.29. The number of carbonyl (C=O) groups is 1. The Bertz CT molecular complexity index is 911. The van der Waals surface area contributed by atoms with Gasteiger partial charge in [0.15, 0.2) is 11.5 Å². The number of carbonyl (C=O) groups excluding carboxylic acids is 1. The van der Waals surface area contributed by atoms with Gasteiger partial charge in [0.05, 0.1) is 13.2 Å². The summed E-state index contributed by atoms with van der Waals surface area (Å²) in [6.07, 6.45) is 2.44. The Morgan fingerprint density at radius 1 is 1.11 bits per heavy atom. The van der Waals surface area contributed by atoms with E-state index in [0.29, 0.717) is 36.0 Å². The topological polar surface area (TPSA) is 71.3 Å². The van der Waals surface area contributed by atoms with Crippen LogP contribution < -0.4 is 14.8 Å². The minimum Gasteiger partial charge on any atom is -0.490 e. The van der Waals surface area contributed by atoms with Gasteiger partial charge in [-0.1, -0.05) is 30.7 Å². The fourth-order valence-electron chi connectivity index (χ4n) is 2.67. The van der Waals surface area contributed by atoms with Crippen LogP contribution in [0.25, 0.3) is 6.08 Å². The number of amides is 1. The van der Waals surface area contributed by atoms with Gasteiger partial charge < -0.3 is 14.8 Å². The first-order valence-corrected chi connectivity index (χ1v) is 9.38. The number of anilines is 1. The maximum Gasteiger partial charge on any atom is 0.266 e. The summed E-state index contributed by atoms with van der Waals surface area (Å²) in [6, 6.07) is 13.1. The number of nitriles is 1. The third-order valence-electron chi connectivity index (χ3n) is 4.04. The molecule has 0 aromatic heterocycles. The van der Waals surface area contributed by atoms with Gasteiger partial charge in [0.1, 0.15) is 11.6 Å². The molecule has 28 heavy (non-hydrogen) atoms. The van der Waals surface area contributed by atoms with Crippen LogP contribution in [0.3, 0.4) is 0 Å². The molecule has 0 saturated carbocycles. The molecule has 5 heteroatoms. The Hall–Kier alpha value is -3.26. The first kappa shape index (κ1) is 21.0. The number of ether oxygens (including phenoxy) is 2. The van der Waals surface area contributed by atoms with Crippen LogP contribution in [0.1, 0.15) is 37.0 Å². The monoisotopic (exact) mass is 378 g/mol. The lowest BCUT2D eigenvalue weighted by Crippen LogP contribution is -2.14. The number of hydrogen-bond acceptors (Lipinski definition) is 4. The Balaban J connectivity index is 2.26. The second-order valence-electron chi connectivity index (χ2n) is 6.43. The van der Waals surface area contributed by atoms with Crippen molar-refractivity contribution in [3.8, 4) is 17.6 Å². The number of nitrogens with zero attached hydrogens (tertiary/aromatic N) is 1. The molecule has 5 nitrogen and oxygen atoms in total. The third kappa shape index (κ3) is 5.62. The van der Waals surface area contributed by atoms with Crippen molar-refractivity contribution in [1.29, 1.82) is 5.26 Å². The van der Waals surface area contributed by atoms with E-state index >= 15 is 0 Å². The molecule has 0 aliphatic rings. The molecular formula is C23H26N2O3. The summed E-state index contributed by atoms with van der Waals surface area (Å²) in [5.74, 6) is 0.801. The highest BCUT2D eigenvalue weighted by molar-refractivity contribution is 6.10. The molecule has 0 spiro atoms. The van der Waals surface area contributed by atoms with Crippen LogP contribution in [-0.4, -0.2) is 19.1 Å². The largest absolute Gasteiger partial charge is 0.490 e. The van der Waals surface area contributed by atoms with E-state index in [0.717, 1.165) is 17.5 Å². The first-order valence-electron chi connectivity index (χ1n) is 9.38. The zero-order chi connectivity index (χ0) is 20.5. The van der Waals surface area contributed by atoms with Gasteiger partial charge >= 0.3 is 0 Å². The smallest absolute Gasteiger partial charge is 0.266 e. The average molecular weight is 378 g/mol. The van der Waals surface area contributed by atoms with Gasteiger partial charge in [-0.3, -0.25) is 4.79 Å². The molecule has 0 unspecified atom stereocenters. The zero-order valence-corrected chi connectivity index (χ0v) is 16.8. The number of rotatable bonds is 8. The van der Waals surface area contributed by atoms with Crippen molar-refractivity contribution in [2.75, 3.05) is 18.5 Å². The van der Waals surface area contributed by atoms with E-state index in [4.69, 9.17) is 9.47 Å². The Morgan fingerprint density at radius 3 is 2.54 bits per heavy atom. The van der Waals surface area contributed by atoms with Crippen molar-refractivity contribution in [2.45, 2.75) is 34.1 Å². The summed E-state index contributed by atoms with van der Waals surface area (Å²) in [4.78, 5) is 12.5. The summed E-state index contributed by atoms with van der Waals surface area (Å²) < 4.78 is 11.3. The van der Waals surface area contributed by atoms with Crippen LogP contribution in [-0.2, 0) is 4.79 Å². The molecule has 2 aromatic carbocycles. The van der Waals surface area contributed by atoms with E-state index in [1.165, 1.54) is 0 Å². The fourth-order valence-corrected chi connectivity index (χ4v) is 2.67. The van der Waals surface area contributed by atoms with E-state index in [1.807, 2.05) is 52.0 Å². The van der Waals surface area contributed by atoms with E-state index in [9.17, 15) is 10.1 Å². The Kier molecular flexibility index (Phi) is 7.65. The molecule has 1 N–H and O–H groups in total. The lowest BCUT2D eigenvalue weighted by molar-refractivity contribution is -0.112. The van der Waals surface area contributed by atoms with Crippen molar-refractivity contribution in [3.63, 3.8) is 0 Å². The summed E-state index contributed by atoms with van der Waals surface area (Å²) in [5.41, 5.74) is 3.46. The molecule has 0 aliphatic heterocycles. The van der Waals surface area contributed by atoms with Crippen molar-refractivity contribution < 1.29 is 14.3 Å². The van der Waals surface area contributed by atoms with Gasteiger partial charge in [-0.15, -0.1) is 0 Å². The fraction of sp³-hybridized carbons (Fsp3) is 0.304. The summed E-state index contributed by atoms with van der Waals surface area (Å²) in [7, 11) is 0. The van der Waals surface area contributed by atoms with Crippen LogP contribution >= 0.6 is 0 Å². The number of aryl methyl sites for hydroxylation is 2. The van der Waals surface area contributed by atoms with E-state index in [1.54, 1.807) is 24.3 Å². The van der Waals surface area contributed by atoms with Gasteiger partial charge in [0, 0.05) is 5.69 Å². The van der Waals surface area contributed by atoms with Crippen LogP contribution in [0.5, 0.6) is 11.5 Å². The highest BCUT2D eigenvalue weighted by atomic mass is 16.5. The molecule has 0 atom stereocenters. The molecule has 0 fully saturated rings. The lowest BCUT2D eigenvalue weighted by Gasteiger charge is -2.12. The predicted octanol–water partition coefficient (Wildman–Crippen LogP) is 5.04. The molecular weight excluding hydrogens is 352 g/mol. The van der Waals surface area contributed by atoms with E-state index in [2.05, 4.69) is 5.32 Å². The van der Waals surface area contributed by atoms with Crippen molar-refractivity contribution in [1.82, 2.24) is 0 Å². The molecule has 0 heterocycles. The number of nitrogens with one attached hydrogen (secondary N) is 1. The highest BCUT2D eigenvalue weighted by Gasteiger charge is 2.12. The molecule has 2 aromatic rings. The summed E-state index contributed by atoms with van der Waals surface area (Å²) in [6.45, 7) is 8.92. The van der Waals surface area contributed by atoms with Crippen LogP contribution in [0.2, 0.25) is 0 Å². The Labute approximate surface area is 166 Å². The van der Waals surface area contributed by atoms with Crippen molar-refractivity contribution >= 4 is 17.7 Å². The molecule has 2 rings (SSSR count). The van der Waals surface area contributed by atoms with Gasteiger partial charge in [-0.05, 0) is 62.6 Å². The second-order valence-corrected chi connectivity index (χ2v) is 6.43. The number of benzene rings is 2. The van der Waals surface area contributed by atoms with Crippen LogP contribution in [0.15, 0.2) is 42.0 Å². The SMILES string of the molecule is CCCOc1ccc(/C=C(/C#N)C(=O)Nc2ccc(C)cc2C)cc1OCC. The quantitative estimate of drug-likeness (QED) is 0.516. The van der Waals surface area contributed by atoms with E-state index in [-0.39, 0.29) is 5.57 Å². The number of hydrogen-bond donors (Lipinski definition) is 1. The third-order valence-corrected chi connectivity index (χ3v) is 4.04. The van der Waals surface area contributed by atoms with E-state index < -0.39 is 5.91 Å². The summed E-state index contributed by atoms with van der Waals surface area (Å²) in [5, 5.41) is 12.3. The van der Waals surface area contributed by atoms with Gasteiger partial charge in [0.2, 0.25) is 0 Å². The average Bonchev–Trinajstić information content (AvgIpc) is 2.67. The van der Waals surface area contributed by atoms with Crippen LogP contribution in [0.4, 0.5) is 5.69 Å². The van der Waals surface area contributed by atoms with Gasteiger partial charge in [-0.25, -0.2) is 0 Å². The minimum absolute atomic E-state index is 0.0182. The maximum atomic E-state index is 12.5. The molecule has 1 amide bonds. The molecule has 0 saturated heterocycles. The summed E-state index contributed by atoms with van der Waals surface area (Å²) >= 11 is 0. The Morgan fingerprint density at radius 2 is 1.89 bits per heavy atom. The van der Waals surface area contributed by atoms with Gasteiger partial charge in [0.25, 0.3) is 5.91 Å². The second kappa shape index (κ2) is 10.2. The molecule has 0 bridgehead atoms. The minimum atomic E-state index is -0.446. The van der Waals surface area contributed by atoms with Crippen LogP contribution in [0, 0.1) is 25.2 Å². The standard InChI is InChI=1S/C23H26N2O3/c1-5-11-28-21-10-8-18(14-22(21)27-6-2)13-19(15-24)23(26)25-20-9-7-16(3)12-17(20)4/h7-10,12-14H,5-6,11H2,1-4H3,(H,25,26)/b19-13-. The van der Waals surface area contributed by atoms with Crippen molar-refractivity contribution in [3.05, 3.63) is 58.7 Å². The molecule has 0 aliphatic carbocycles. The normalized spacial score (nSPS) is 10.9. The maximum absolute atomic E-state index is 12.5.